The van der Waals surface area contributed by atoms with Crippen molar-refractivity contribution in [3.8, 4) is 22.6 Å². The van der Waals surface area contributed by atoms with Crippen LogP contribution >= 0.6 is 0 Å². The summed E-state index contributed by atoms with van der Waals surface area (Å²) in [5.74, 6) is 1.07. The number of nitrogens with one attached hydrogen (secondary N) is 2. The number of nitrogens with zero attached hydrogens (tertiary/aromatic N) is 1. The van der Waals surface area contributed by atoms with Gasteiger partial charge in [0, 0.05) is 60.5 Å². The number of hydrogen-bond donors (Lipinski definition) is 2. The third-order valence-electron chi connectivity index (χ3n) is 6.61. The number of rotatable bonds is 7. The quantitative estimate of drug-likeness (QED) is 0.273. The van der Waals surface area contributed by atoms with Crippen molar-refractivity contribution in [2.45, 2.75) is 25.3 Å². The number of sulfone groups is 1. The van der Waals surface area contributed by atoms with E-state index in [1.54, 1.807) is 37.6 Å². The molecule has 5 aromatic rings. The van der Waals surface area contributed by atoms with E-state index in [0.717, 1.165) is 5.69 Å². The molecular weight excluding hydrogens is 498 g/mol. The minimum Gasteiger partial charge on any atom is -0.457 e. The number of anilines is 1. The molecule has 0 bridgehead atoms. The lowest BCUT2D eigenvalue weighted by atomic mass is 10.0. The van der Waals surface area contributed by atoms with Crippen LogP contribution in [-0.4, -0.2) is 24.2 Å². The Bertz CT molecular complexity index is 1830. The van der Waals surface area contributed by atoms with E-state index in [1.807, 2.05) is 24.3 Å². The lowest BCUT2D eigenvalue weighted by Gasteiger charge is -2.16. The normalized spacial score (nSPS) is 11.6. The molecule has 3 aromatic carbocycles. The van der Waals surface area contributed by atoms with Gasteiger partial charge < -0.3 is 19.6 Å². The fraction of sp³-hybridized carbons (Fsp3) is 0.167. The summed E-state index contributed by atoms with van der Waals surface area (Å²) in [6, 6.07) is 20.6. The number of aromatic nitrogens is 2. The summed E-state index contributed by atoms with van der Waals surface area (Å²) in [7, 11) is -1.81. The van der Waals surface area contributed by atoms with Crippen LogP contribution in [0.25, 0.3) is 22.0 Å². The third-order valence-corrected chi connectivity index (χ3v) is 7.72. The first-order valence-corrected chi connectivity index (χ1v) is 14.1. The fourth-order valence-electron chi connectivity index (χ4n) is 4.56. The van der Waals surface area contributed by atoms with Crippen LogP contribution in [0.5, 0.6) is 11.5 Å². The van der Waals surface area contributed by atoms with Gasteiger partial charge in [0.15, 0.2) is 9.84 Å². The van der Waals surface area contributed by atoms with Crippen molar-refractivity contribution in [1.82, 2.24) is 9.55 Å². The first-order chi connectivity index (χ1) is 18.1. The highest BCUT2D eigenvalue weighted by Crippen LogP contribution is 2.38. The zero-order valence-corrected chi connectivity index (χ0v) is 22.5. The summed E-state index contributed by atoms with van der Waals surface area (Å²) in [5, 5.41) is 4.14. The van der Waals surface area contributed by atoms with Gasteiger partial charge in [-0.05, 0) is 61.4 Å². The topological polar surface area (TPSA) is 93.2 Å². The van der Waals surface area contributed by atoms with Gasteiger partial charge >= 0.3 is 0 Å². The monoisotopic (exact) mass is 527 g/mol. The van der Waals surface area contributed by atoms with E-state index < -0.39 is 9.84 Å². The van der Waals surface area contributed by atoms with Crippen molar-refractivity contribution >= 4 is 26.4 Å². The van der Waals surface area contributed by atoms with Gasteiger partial charge in [0.25, 0.3) is 5.56 Å². The van der Waals surface area contributed by atoms with Crippen molar-refractivity contribution < 1.29 is 13.2 Å². The molecule has 0 aliphatic carbocycles. The van der Waals surface area contributed by atoms with Crippen molar-refractivity contribution in [3.05, 3.63) is 106 Å². The Labute approximate surface area is 221 Å². The summed E-state index contributed by atoms with van der Waals surface area (Å²) in [6.07, 6.45) is 4.57. The van der Waals surface area contributed by atoms with Crippen LogP contribution in [0.15, 0.2) is 88.8 Å². The van der Waals surface area contributed by atoms with Gasteiger partial charge in [0.2, 0.25) is 0 Å². The van der Waals surface area contributed by atoms with Crippen molar-refractivity contribution in [1.29, 1.82) is 0 Å². The average Bonchev–Trinajstić information content (AvgIpc) is 3.36. The molecule has 0 saturated carbocycles. The van der Waals surface area contributed by atoms with E-state index in [-0.39, 0.29) is 10.5 Å². The molecule has 0 aliphatic heterocycles. The molecule has 0 spiro atoms. The first-order valence-electron chi connectivity index (χ1n) is 12.2. The van der Waals surface area contributed by atoms with Gasteiger partial charge in [-0.1, -0.05) is 29.8 Å². The Kier molecular flexibility index (Phi) is 6.59. The number of benzene rings is 3. The number of hydrogen-bond acceptors (Lipinski definition) is 5. The van der Waals surface area contributed by atoms with Gasteiger partial charge in [-0.25, -0.2) is 8.42 Å². The second kappa shape index (κ2) is 9.87. The minimum absolute atomic E-state index is 0.168. The molecule has 0 unspecified atom stereocenters. The van der Waals surface area contributed by atoms with Crippen LogP contribution in [0, 0.1) is 13.8 Å². The van der Waals surface area contributed by atoms with Crippen LogP contribution in [0.4, 0.5) is 5.69 Å². The van der Waals surface area contributed by atoms with Crippen LogP contribution < -0.4 is 15.6 Å². The summed E-state index contributed by atoms with van der Waals surface area (Å²) in [6.45, 7) is 4.86. The summed E-state index contributed by atoms with van der Waals surface area (Å²) in [4.78, 5) is 15.8. The largest absolute Gasteiger partial charge is 0.457 e. The molecule has 2 heterocycles. The Morgan fingerprint density at radius 2 is 1.79 bits per heavy atom. The maximum atomic E-state index is 12.6. The van der Waals surface area contributed by atoms with E-state index in [2.05, 4.69) is 42.3 Å². The van der Waals surface area contributed by atoms with E-state index >= 15 is 0 Å². The Morgan fingerprint density at radius 1 is 0.974 bits per heavy atom. The average molecular weight is 528 g/mol. The predicted octanol–water partition coefficient (Wildman–Crippen LogP) is 5.96. The molecule has 2 N–H and O–H groups in total. The fourth-order valence-corrected chi connectivity index (χ4v) is 5.21. The van der Waals surface area contributed by atoms with Gasteiger partial charge in [-0.3, -0.25) is 4.79 Å². The van der Waals surface area contributed by atoms with Crippen LogP contribution in [-0.2, 0) is 23.4 Å². The summed E-state index contributed by atoms with van der Waals surface area (Å²) in [5.41, 5.74) is 6.10. The highest BCUT2D eigenvalue weighted by atomic mass is 32.2. The SMILES string of the molecule is Cc1ccc(CNc2cccc(Oc3ccc(S(C)(=O)=O)cc3-c3cn(C)c(=O)c4[nH]ccc34)c2)c(C)c1. The summed E-state index contributed by atoms with van der Waals surface area (Å²) < 4.78 is 32.6. The minimum atomic E-state index is -3.47. The Balaban J connectivity index is 1.52. The molecule has 8 heteroatoms. The van der Waals surface area contributed by atoms with E-state index in [9.17, 15) is 13.2 Å². The number of aromatic amines is 1. The Hall–Kier alpha value is -4.30. The second-order valence-corrected chi connectivity index (χ2v) is 11.6. The van der Waals surface area contributed by atoms with Crippen LogP contribution in [0.2, 0.25) is 0 Å². The van der Waals surface area contributed by atoms with Crippen LogP contribution in [0.1, 0.15) is 16.7 Å². The summed E-state index contributed by atoms with van der Waals surface area (Å²) >= 11 is 0. The second-order valence-electron chi connectivity index (χ2n) is 9.57. The van der Waals surface area contributed by atoms with E-state index in [1.165, 1.54) is 33.6 Å². The van der Waals surface area contributed by atoms with Crippen molar-refractivity contribution in [2.75, 3.05) is 11.6 Å². The first kappa shape index (κ1) is 25.4. The lowest BCUT2D eigenvalue weighted by Crippen LogP contribution is -2.16. The molecular formula is C30H29N3O4S. The molecule has 38 heavy (non-hydrogen) atoms. The van der Waals surface area contributed by atoms with Gasteiger partial charge in [-0.2, -0.15) is 0 Å². The van der Waals surface area contributed by atoms with Crippen LogP contribution in [0.3, 0.4) is 0 Å². The van der Waals surface area contributed by atoms with Crippen molar-refractivity contribution in [2.24, 2.45) is 7.05 Å². The smallest absolute Gasteiger partial charge is 0.274 e. The molecule has 5 rings (SSSR count). The zero-order chi connectivity index (χ0) is 27.0. The number of ether oxygens (including phenoxy) is 1. The van der Waals surface area contributed by atoms with Gasteiger partial charge in [0.05, 0.1) is 4.90 Å². The number of pyridine rings is 1. The Morgan fingerprint density at radius 3 is 2.55 bits per heavy atom. The molecule has 194 valence electrons. The van der Waals surface area contributed by atoms with Crippen molar-refractivity contribution in [3.63, 3.8) is 0 Å². The molecule has 0 saturated heterocycles. The molecule has 2 aromatic heterocycles. The molecule has 0 radical (unpaired) electrons. The molecule has 0 amide bonds. The number of H-pyrrole nitrogens is 1. The van der Waals surface area contributed by atoms with E-state index in [4.69, 9.17) is 4.74 Å². The predicted molar refractivity (Wildman–Crippen MR) is 152 cm³/mol. The molecule has 0 atom stereocenters. The standard InChI is InChI=1S/C30H29N3O4S/c1-19-8-9-21(20(2)14-19)17-32-22-6-5-7-23(15-22)37-28-11-10-24(38(4,35)36)16-26(28)27-18-33(3)30(34)29-25(27)12-13-31-29/h5-16,18,31-32H,17H2,1-4H3. The maximum absolute atomic E-state index is 12.6. The molecule has 0 fully saturated rings. The molecule has 7 nitrogen and oxygen atoms in total. The lowest BCUT2D eigenvalue weighted by molar-refractivity contribution is 0.484. The maximum Gasteiger partial charge on any atom is 0.274 e. The highest BCUT2D eigenvalue weighted by molar-refractivity contribution is 7.90. The molecule has 0 aliphatic rings. The zero-order valence-electron chi connectivity index (χ0n) is 21.7. The van der Waals surface area contributed by atoms with Gasteiger partial charge in [-0.15, -0.1) is 0 Å². The third kappa shape index (κ3) is 5.08. The number of fused-ring (bicyclic) bond motifs is 1. The van der Waals surface area contributed by atoms with Gasteiger partial charge in [0.1, 0.15) is 17.0 Å². The number of aryl methyl sites for hydroxylation is 3. The van der Waals surface area contributed by atoms with E-state index in [0.29, 0.717) is 40.1 Å². The highest BCUT2D eigenvalue weighted by Gasteiger charge is 2.18.